The van der Waals surface area contributed by atoms with Gasteiger partial charge in [0.2, 0.25) is 5.91 Å². The maximum Gasteiger partial charge on any atom is 0.224 e. The summed E-state index contributed by atoms with van der Waals surface area (Å²) in [5.41, 5.74) is 4.58. The summed E-state index contributed by atoms with van der Waals surface area (Å²) in [6, 6.07) is 15.4. The van der Waals surface area contributed by atoms with E-state index in [1.54, 1.807) is 0 Å². The lowest BCUT2D eigenvalue weighted by Crippen LogP contribution is -2.11. The number of nitrogens with zero attached hydrogens (tertiary/aromatic N) is 1. The molecule has 2 rings (SSSR count). The van der Waals surface area contributed by atoms with Crippen molar-refractivity contribution in [2.24, 2.45) is 0 Å². The third-order valence-corrected chi connectivity index (χ3v) is 3.49. The molecule has 0 aromatic heterocycles. The molecule has 112 valence electrons. The molecule has 2 aromatic carbocycles. The smallest absolute Gasteiger partial charge is 0.224 e. The Kier molecular flexibility index (Phi) is 5.16. The van der Waals surface area contributed by atoms with Crippen LogP contribution < -0.4 is 10.6 Å². The van der Waals surface area contributed by atoms with Gasteiger partial charge in [0, 0.05) is 24.3 Å². The van der Waals surface area contributed by atoms with Crippen LogP contribution in [-0.2, 0) is 11.3 Å². The molecule has 0 fully saturated rings. The average molecular weight is 293 g/mol. The average Bonchev–Trinajstić information content (AvgIpc) is 2.56. The van der Waals surface area contributed by atoms with Crippen molar-refractivity contribution in [2.45, 2.75) is 26.8 Å². The summed E-state index contributed by atoms with van der Waals surface area (Å²) in [6.45, 7) is 4.47. The van der Waals surface area contributed by atoms with Crippen LogP contribution in [0.2, 0.25) is 0 Å². The van der Waals surface area contributed by atoms with Crippen molar-refractivity contribution in [3.63, 3.8) is 0 Å². The monoisotopic (exact) mass is 293 g/mol. The van der Waals surface area contributed by atoms with Crippen molar-refractivity contribution in [1.29, 1.82) is 5.26 Å². The van der Waals surface area contributed by atoms with E-state index in [-0.39, 0.29) is 5.91 Å². The molecule has 0 spiro atoms. The first-order valence-corrected chi connectivity index (χ1v) is 7.26. The van der Waals surface area contributed by atoms with E-state index in [0.717, 1.165) is 22.5 Å². The number of hydrogen-bond acceptors (Lipinski definition) is 3. The second-order valence-electron chi connectivity index (χ2n) is 5.04. The minimum absolute atomic E-state index is 0.00680. The second kappa shape index (κ2) is 7.28. The van der Waals surface area contributed by atoms with Crippen LogP contribution in [0.3, 0.4) is 0 Å². The molecule has 0 heterocycles. The molecular weight excluding hydrogens is 274 g/mol. The first-order chi connectivity index (χ1) is 10.6. The minimum Gasteiger partial charge on any atom is -0.381 e. The molecule has 0 saturated carbocycles. The van der Waals surface area contributed by atoms with Crippen LogP contribution in [-0.4, -0.2) is 5.91 Å². The van der Waals surface area contributed by atoms with E-state index < -0.39 is 0 Å². The van der Waals surface area contributed by atoms with Gasteiger partial charge in [-0.25, -0.2) is 0 Å². The molecule has 22 heavy (non-hydrogen) atoms. The number of nitrogens with one attached hydrogen (secondary N) is 2. The van der Waals surface area contributed by atoms with Crippen molar-refractivity contribution >= 4 is 17.3 Å². The maximum atomic E-state index is 11.5. The normalized spacial score (nSPS) is 9.86. The number of rotatable bonds is 5. The van der Waals surface area contributed by atoms with Gasteiger partial charge < -0.3 is 10.6 Å². The number of carbonyl (C=O) groups excluding carboxylic acids is 1. The van der Waals surface area contributed by atoms with Crippen LogP contribution in [0.5, 0.6) is 0 Å². The molecule has 0 saturated heterocycles. The number of hydrogen-bond donors (Lipinski definition) is 2. The fraction of sp³-hybridized carbons (Fsp3) is 0.222. The van der Waals surface area contributed by atoms with Crippen LogP contribution in [0.1, 0.15) is 30.0 Å². The Balaban J connectivity index is 2.07. The molecule has 0 unspecified atom stereocenters. The van der Waals surface area contributed by atoms with Gasteiger partial charge in [0.15, 0.2) is 0 Å². The Labute approximate surface area is 130 Å². The zero-order valence-corrected chi connectivity index (χ0v) is 12.8. The van der Waals surface area contributed by atoms with Crippen molar-refractivity contribution in [2.75, 3.05) is 10.6 Å². The van der Waals surface area contributed by atoms with E-state index in [1.807, 2.05) is 56.3 Å². The predicted molar refractivity (Wildman–Crippen MR) is 88.6 cm³/mol. The summed E-state index contributed by atoms with van der Waals surface area (Å²) in [5, 5.41) is 15.1. The summed E-state index contributed by atoms with van der Waals surface area (Å²) < 4.78 is 0. The third kappa shape index (κ3) is 3.86. The summed E-state index contributed by atoms with van der Waals surface area (Å²) >= 11 is 0. The van der Waals surface area contributed by atoms with Crippen LogP contribution in [0.4, 0.5) is 11.4 Å². The Hall–Kier alpha value is -2.80. The molecule has 4 heteroatoms. The van der Waals surface area contributed by atoms with Gasteiger partial charge in [0.05, 0.1) is 11.6 Å². The summed E-state index contributed by atoms with van der Waals surface area (Å²) in [5.74, 6) is 0.00680. The lowest BCUT2D eigenvalue weighted by Gasteiger charge is -2.14. The van der Waals surface area contributed by atoms with Crippen LogP contribution in [0.25, 0.3) is 0 Å². The van der Waals surface area contributed by atoms with Crippen molar-refractivity contribution in [3.8, 4) is 6.07 Å². The highest BCUT2D eigenvalue weighted by Gasteiger charge is 2.06. The van der Waals surface area contributed by atoms with E-state index in [2.05, 4.69) is 16.7 Å². The van der Waals surface area contributed by atoms with Gasteiger partial charge in [-0.05, 0) is 42.3 Å². The van der Waals surface area contributed by atoms with Crippen LogP contribution in [0.15, 0.2) is 42.5 Å². The number of benzene rings is 2. The molecule has 0 aliphatic carbocycles. The van der Waals surface area contributed by atoms with E-state index in [0.29, 0.717) is 18.5 Å². The molecule has 0 radical (unpaired) electrons. The first kappa shape index (κ1) is 15.6. The van der Waals surface area contributed by atoms with E-state index in [1.165, 1.54) is 0 Å². The predicted octanol–water partition coefficient (Wildman–Crippen LogP) is 3.83. The van der Waals surface area contributed by atoms with Crippen molar-refractivity contribution in [3.05, 3.63) is 59.2 Å². The van der Waals surface area contributed by atoms with Gasteiger partial charge in [0.25, 0.3) is 0 Å². The van der Waals surface area contributed by atoms with E-state index >= 15 is 0 Å². The van der Waals surface area contributed by atoms with Gasteiger partial charge in [-0.3, -0.25) is 4.79 Å². The number of carbonyl (C=O) groups is 1. The third-order valence-electron chi connectivity index (χ3n) is 3.49. The Morgan fingerprint density at radius 1 is 1.14 bits per heavy atom. The van der Waals surface area contributed by atoms with Gasteiger partial charge >= 0.3 is 0 Å². The molecule has 1 amide bonds. The highest BCUT2D eigenvalue weighted by atomic mass is 16.1. The molecule has 2 N–H and O–H groups in total. The van der Waals surface area contributed by atoms with Crippen molar-refractivity contribution < 1.29 is 4.79 Å². The minimum atomic E-state index is 0.00680. The van der Waals surface area contributed by atoms with Gasteiger partial charge in [-0.15, -0.1) is 0 Å². The first-order valence-electron chi connectivity index (χ1n) is 7.26. The lowest BCUT2D eigenvalue weighted by atomic mass is 10.1. The maximum absolute atomic E-state index is 11.5. The van der Waals surface area contributed by atoms with Crippen LogP contribution >= 0.6 is 0 Å². The summed E-state index contributed by atoms with van der Waals surface area (Å²) in [6.07, 6.45) is 0.461. The zero-order chi connectivity index (χ0) is 15.9. The largest absolute Gasteiger partial charge is 0.381 e. The molecule has 0 bridgehead atoms. The fourth-order valence-electron chi connectivity index (χ4n) is 2.10. The number of anilines is 2. The standard InChI is InChI=1S/C18H19N3O/c1-3-18(22)21-17-6-4-5-16(13(17)2)20-12-15-9-7-14(11-19)8-10-15/h4-10,20H,3,12H2,1-2H3,(H,21,22). The number of nitriles is 1. The Morgan fingerprint density at radius 3 is 2.45 bits per heavy atom. The van der Waals surface area contributed by atoms with Gasteiger partial charge in [0.1, 0.15) is 0 Å². The molecule has 4 nitrogen and oxygen atoms in total. The van der Waals surface area contributed by atoms with E-state index in [9.17, 15) is 4.79 Å². The molecular formula is C18H19N3O. The highest BCUT2D eigenvalue weighted by Crippen LogP contribution is 2.24. The second-order valence-corrected chi connectivity index (χ2v) is 5.04. The summed E-state index contributed by atoms with van der Waals surface area (Å²) in [4.78, 5) is 11.5. The SMILES string of the molecule is CCC(=O)Nc1cccc(NCc2ccc(C#N)cc2)c1C. The lowest BCUT2D eigenvalue weighted by molar-refractivity contribution is -0.115. The molecule has 0 aliphatic rings. The summed E-state index contributed by atoms with van der Waals surface area (Å²) in [7, 11) is 0. The van der Waals surface area contributed by atoms with Gasteiger partial charge in [-0.2, -0.15) is 5.26 Å². The molecule has 0 aliphatic heterocycles. The Bertz CT molecular complexity index is 699. The zero-order valence-electron chi connectivity index (χ0n) is 12.8. The highest BCUT2D eigenvalue weighted by molar-refractivity contribution is 5.92. The number of amides is 1. The molecule has 0 atom stereocenters. The Morgan fingerprint density at radius 2 is 1.82 bits per heavy atom. The van der Waals surface area contributed by atoms with Gasteiger partial charge in [-0.1, -0.05) is 25.1 Å². The quantitative estimate of drug-likeness (QED) is 0.880. The fourth-order valence-corrected chi connectivity index (χ4v) is 2.10. The topological polar surface area (TPSA) is 64.9 Å². The van der Waals surface area contributed by atoms with E-state index in [4.69, 9.17) is 5.26 Å². The van der Waals surface area contributed by atoms with Crippen molar-refractivity contribution in [1.82, 2.24) is 0 Å². The molecule has 2 aromatic rings. The van der Waals surface area contributed by atoms with Crippen LogP contribution in [0, 0.1) is 18.3 Å².